The molecule has 0 atom stereocenters. The van der Waals surface area contributed by atoms with Crippen LogP contribution in [0.25, 0.3) is 0 Å². The lowest BCUT2D eigenvalue weighted by Crippen LogP contribution is -2.62. The fraction of sp³-hybridized carbons (Fsp3) is 0.444. The molecule has 35 heavy (non-hydrogen) atoms. The molecule has 2 aromatic carbocycles. The molecule has 3 N–H and O–H groups in total. The SMILES string of the molecule is NC1(C(=O)N2CCN(C(=O)c3cc(CC4=NNCc5ccccc54)cc4c3OCC4)CC2)CCC1. The van der Waals surface area contributed by atoms with Gasteiger partial charge in [-0.25, -0.2) is 0 Å². The van der Waals surface area contributed by atoms with Crippen molar-refractivity contribution < 1.29 is 14.3 Å². The van der Waals surface area contributed by atoms with Crippen LogP contribution in [0.5, 0.6) is 5.75 Å². The second kappa shape index (κ2) is 8.68. The zero-order valence-corrected chi connectivity index (χ0v) is 19.9. The Kier molecular flexibility index (Phi) is 5.48. The number of hydrogen-bond acceptors (Lipinski definition) is 6. The van der Waals surface area contributed by atoms with Gasteiger partial charge in [-0.2, -0.15) is 5.10 Å². The van der Waals surface area contributed by atoms with E-state index in [2.05, 4.69) is 28.7 Å². The third kappa shape index (κ3) is 3.95. The molecule has 1 saturated carbocycles. The number of hydrogen-bond donors (Lipinski definition) is 2. The fourth-order valence-electron chi connectivity index (χ4n) is 5.57. The van der Waals surface area contributed by atoms with Gasteiger partial charge in [-0.15, -0.1) is 0 Å². The highest BCUT2D eigenvalue weighted by Crippen LogP contribution is 2.34. The first kappa shape index (κ1) is 22.1. The van der Waals surface area contributed by atoms with E-state index in [9.17, 15) is 9.59 Å². The van der Waals surface area contributed by atoms with Crippen molar-refractivity contribution in [1.29, 1.82) is 0 Å². The summed E-state index contributed by atoms with van der Waals surface area (Å²) in [6.07, 6.45) is 3.96. The topological polar surface area (TPSA) is 100 Å². The molecule has 0 radical (unpaired) electrons. The maximum atomic E-state index is 13.6. The van der Waals surface area contributed by atoms with Crippen LogP contribution in [0, 0.1) is 0 Å². The molecular formula is C27H31N5O3. The quantitative estimate of drug-likeness (QED) is 0.706. The maximum Gasteiger partial charge on any atom is 0.257 e. The summed E-state index contributed by atoms with van der Waals surface area (Å²) in [6, 6.07) is 12.4. The number of nitrogens with two attached hydrogens (primary N) is 1. The minimum atomic E-state index is -0.690. The number of benzene rings is 2. The number of carbonyl (C=O) groups excluding carboxylic acids is 2. The minimum absolute atomic E-state index is 0.0317. The molecular weight excluding hydrogens is 442 g/mol. The van der Waals surface area contributed by atoms with Gasteiger partial charge in [0, 0.05) is 44.6 Å². The summed E-state index contributed by atoms with van der Waals surface area (Å²) in [7, 11) is 0. The molecule has 1 aliphatic carbocycles. The first-order chi connectivity index (χ1) is 17.0. The summed E-state index contributed by atoms with van der Waals surface area (Å²) >= 11 is 0. The highest BCUT2D eigenvalue weighted by Gasteiger charge is 2.43. The molecule has 8 nitrogen and oxygen atoms in total. The van der Waals surface area contributed by atoms with Gasteiger partial charge in [-0.1, -0.05) is 30.3 Å². The van der Waals surface area contributed by atoms with Gasteiger partial charge in [0.2, 0.25) is 5.91 Å². The van der Waals surface area contributed by atoms with Crippen molar-refractivity contribution in [2.24, 2.45) is 10.8 Å². The Balaban J connectivity index is 1.21. The van der Waals surface area contributed by atoms with Crippen molar-refractivity contribution in [3.8, 4) is 5.75 Å². The first-order valence-corrected chi connectivity index (χ1v) is 12.6. The van der Waals surface area contributed by atoms with Crippen molar-refractivity contribution in [1.82, 2.24) is 15.2 Å². The van der Waals surface area contributed by atoms with Crippen LogP contribution in [-0.2, 0) is 24.2 Å². The standard InChI is InChI=1S/C27H31N5O3/c28-27(7-3-8-27)26(34)32-11-9-31(10-12-32)25(33)22-15-18(14-19-6-13-35-24(19)22)16-23-21-5-2-1-4-20(21)17-29-30-23/h1-2,4-5,14-15,29H,3,6-13,16-17,28H2. The van der Waals surface area contributed by atoms with Crippen molar-refractivity contribution in [3.63, 3.8) is 0 Å². The number of rotatable bonds is 4. The highest BCUT2D eigenvalue weighted by atomic mass is 16.5. The Bertz CT molecular complexity index is 1210. The van der Waals surface area contributed by atoms with Crippen LogP contribution >= 0.6 is 0 Å². The molecule has 2 aromatic rings. The molecule has 182 valence electrons. The maximum absolute atomic E-state index is 13.6. The van der Waals surface area contributed by atoms with Crippen LogP contribution in [0.15, 0.2) is 41.5 Å². The van der Waals surface area contributed by atoms with E-state index in [1.807, 2.05) is 28.0 Å². The summed E-state index contributed by atoms with van der Waals surface area (Å²) in [6.45, 7) is 3.36. The summed E-state index contributed by atoms with van der Waals surface area (Å²) in [5.74, 6) is 0.702. The Labute approximate surface area is 205 Å². The molecule has 3 heterocycles. The van der Waals surface area contributed by atoms with E-state index in [0.717, 1.165) is 54.6 Å². The number of piperazine rings is 1. The highest BCUT2D eigenvalue weighted by molar-refractivity contribution is 6.04. The van der Waals surface area contributed by atoms with Crippen LogP contribution < -0.4 is 15.9 Å². The van der Waals surface area contributed by atoms with Crippen molar-refractivity contribution in [2.45, 2.75) is 44.2 Å². The summed E-state index contributed by atoms with van der Waals surface area (Å²) in [5, 5.41) is 4.57. The Morgan fingerprint density at radius 3 is 2.60 bits per heavy atom. The van der Waals surface area contributed by atoms with E-state index in [-0.39, 0.29) is 11.8 Å². The molecule has 3 aliphatic heterocycles. The molecule has 0 spiro atoms. The van der Waals surface area contributed by atoms with E-state index in [1.54, 1.807) is 0 Å². The van der Waals surface area contributed by atoms with Crippen LogP contribution in [0.3, 0.4) is 0 Å². The number of ether oxygens (including phenoxy) is 1. The molecule has 1 saturated heterocycles. The van der Waals surface area contributed by atoms with E-state index < -0.39 is 5.54 Å². The molecule has 2 amide bonds. The summed E-state index contributed by atoms with van der Waals surface area (Å²) < 4.78 is 5.90. The Hall–Kier alpha value is -3.39. The summed E-state index contributed by atoms with van der Waals surface area (Å²) in [5.41, 5.74) is 14.8. The average molecular weight is 474 g/mol. The number of nitrogens with zero attached hydrogens (tertiary/aromatic N) is 3. The van der Waals surface area contributed by atoms with Gasteiger partial charge in [0.15, 0.2) is 0 Å². The number of hydrazone groups is 1. The third-order valence-electron chi connectivity index (χ3n) is 7.78. The molecule has 0 aromatic heterocycles. The predicted molar refractivity (Wildman–Crippen MR) is 132 cm³/mol. The van der Waals surface area contributed by atoms with Crippen LogP contribution in [0.4, 0.5) is 0 Å². The lowest BCUT2D eigenvalue weighted by Gasteiger charge is -2.43. The molecule has 8 heteroatoms. The van der Waals surface area contributed by atoms with Crippen molar-refractivity contribution in [2.75, 3.05) is 32.8 Å². The zero-order valence-electron chi connectivity index (χ0n) is 19.9. The van der Waals surface area contributed by atoms with Crippen LogP contribution in [0.1, 0.15) is 51.9 Å². The summed E-state index contributed by atoms with van der Waals surface area (Å²) in [4.78, 5) is 30.1. The first-order valence-electron chi connectivity index (χ1n) is 12.6. The second-order valence-electron chi connectivity index (χ2n) is 10.1. The lowest BCUT2D eigenvalue weighted by atomic mass is 9.76. The molecule has 0 unspecified atom stereocenters. The van der Waals surface area contributed by atoms with Gasteiger partial charge in [0.1, 0.15) is 5.75 Å². The zero-order chi connectivity index (χ0) is 24.0. The number of fused-ring (bicyclic) bond motifs is 2. The van der Waals surface area contributed by atoms with Gasteiger partial charge in [-0.05, 0) is 42.0 Å². The lowest BCUT2D eigenvalue weighted by molar-refractivity contribution is -0.141. The predicted octanol–water partition coefficient (Wildman–Crippen LogP) is 1.84. The van der Waals surface area contributed by atoms with Crippen molar-refractivity contribution >= 4 is 17.5 Å². The van der Waals surface area contributed by atoms with Gasteiger partial charge >= 0.3 is 0 Å². The monoisotopic (exact) mass is 473 g/mol. The van der Waals surface area contributed by atoms with Crippen molar-refractivity contribution in [3.05, 3.63) is 64.2 Å². The van der Waals surface area contributed by atoms with Crippen LogP contribution in [-0.4, -0.2) is 65.7 Å². The average Bonchev–Trinajstić information content (AvgIpc) is 3.35. The van der Waals surface area contributed by atoms with E-state index in [0.29, 0.717) is 50.5 Å². The number of amides is 2. The van der Waals surface area contributed by atoms with E-state index in [1.165, 1.54) is 5.56 Å². The van der Waals surface area contributed by atoms with Gasteiger partial charge in [-0.3, -0.25) is 9.59 Å². The minimum Gasteiger partial charge on any atom is -0.492 e. The van der Waals surface area contributed by atoms with E-state index in [4.69, 9.17) is 10.5 Å². The smallest absolute Gasteiger partial charge is 0.257 e. The number of carbonyl (C=O) groups is 2. The molecule has 0 bridgehead atoms. The van der Waals surface area contributed by atoms with E-state index >= 15 is 0 Å². The van der Waals surface area contributed by atoms with Gasteiger partial charge in [0.25, 0.3) is 5.91 Å². The van der Waals surface area contributed by atoms with Gasteiger partial charge < -0.3 is 25.7 Å². The normalized spacial score (nSPS) is 20.1. The fourth-order valence-corrected chi connectivity index (χ4v) is 5.57. The van der Waals surface area contributed by atoms with Gasteiger partial charge in [0.05, 0.1) is 30.0 Å². The largest absolute Gasteiger partial charge is 0.492 e. The third-order valence-corrected chi connectivity index (χ3v) is 7.78. The molecule has 4 aliphatic rings. The van der Waals surface area contributed by atoms with Crippen LogP contribution in [0.2, 0.25) is 0 Å². The Morgan fingerprint density at radius 2 is 1.83 bits per heavy atom. The molecule has 2 fully saturated rings. The Morgan fingerprint density at radius 1 is 1.06 bits per heavy atom. The second-order valence-corrected chi connectivity index (χ2v) is 10.1. The molecule has 6 rings (SSSR count). The number of nitrogens with one attached hydrogen (secondary N) is 1.